The van der Waals surface area contributed by atoms with Gasteiger partial charge in [0.05, 0.1) is 11.2 Å². The molecule has 140 valence electrons. The maximum Gasteiger partial charge on any atom is 0.227 e. The lowest BCUT2D eigenvalue weighted by Crippen LogP contribution is -2.34. The fraction of sp³-hybridized carbons (Fsp3) is 0.300. The molecular formula is C20H22FN5O. The molecule has 2 atom stereocenters. The molecule has 1 aromatic heterocycles. The number of aromatic nitrogens is 2. The second kappa shape index (κ2) is 7.36. The molecule has 1 heterocycles. The predicted molar refractivity (Wildman–Crippen MR) is 104 cm³/mol. The molecule has 4 rings (SSSR count). The Bertz CT molecular complexity index is 970. The molecule has 1 amide bonds. The van der Waals surface area contributed by atoms with E-state index in [0.29, 0.717) is 17.2 Å². The number of para-hydroxylation sites is 1. The van der Waals surface area contributed by atoms with Crippen LogP contribution in [0.2, 0.25) is 0 Å². The van der Waals surface area contributed by atoms with E-state index >= 15 is 0 Å². The number of fused-ring (bicyclic) bond motifs is 1. The molecule has 0 aliphatic heterocycles. The van der Waals surface area contributed by atoms with Crippen molar-refractivity contribution in [2.45, 2.75) is 31.7 Å². The highest BCUT2D eigenvalue weighted by molar-refractivity contribution is 5.98. The van der Waals surface area contributed by atoms with Crippen LogP contribution in [0.25, 0.3) is 10.9 Å². The van der Waals surface area contributed by atoms with Crippen molar-refractivity contribution in [3.8, 4) is 0 Å². The third-order valence-electron chi connectivity index (χ3n) is 5.04. The van der Waals surface area contributed by atoms with Crippen LogP contribution in [0.15, 0.2) is 42.5 Å². The largest absolute Gasteiger partial charge is 0.336 e. The Morgan fingerprint density at radius 3 is 2.89 bits per heavy atom. The Morgan fingerprint density at radius 2 is 2.07 bits per heavy atom. The first-order valence-corrected chi connectivity index (χ1v) is 9.16. The average molecular weight is 367 g/mol. The van der Waals surface area contributed by atoms with E-state index in [9.17, 15) is 9.18 Å². The number of hydrogen-bond donors (Lipinski definition) is 4. The molecule has 1 aliphatic rings. The maximum atomic E-state index is 13.9. The summed E-state index contributed by atoms with van der Waals surface area (Å²) >= 11 is 0. The Labute approximate surface area is 156 Å². The van der Waals surface area contributed by atoms with Gasteiger partial charge in [-0.3, -0.25) is 9.89 Å². The minimum atomic E-state index is -0.355. The number of carbonyl (C=O) groups is 1. The maximum absolute atomic E-state index is 13.9. The second-order valence-corrected chi connectivity index (χ2v) is 7.05. The van der Waals surface area contributed by atoms with Crippen molar-refractivity contribution in [3.05, 3.63) is 48.3 Å². The van der Waals surface area contributed by atoms with Gasteiger partial charge in [0, 0.05) is 23.0 Å². The molecular weight excluding hydrogens is 345 g/mol. The van der Waals surface area contributed by atoms with E-state index in [1.165, 1.54) is 6.07 Å². The summed E-state index contributed by atoms with van der Waals surface area (Å²) in [7, 11) is 0. The Kier molecular flexibility index (Phi) is 4.77. The van der Waals surface area contributed by atoms with Crippen molar-refractivity contribution in [1.29, 1.82) is 0 Å². The van der Waals surface area contributed by atoms with Gasteiger partial charge >= 0.3 is 0 Å². The van der Waals surface area contributed by atoms with Crippen LogP contribution >= 0.6 is 0 Å². The van der Waals surface area contributed by atoms with Gasteiger partial charge in [-0.05, 0) is 49.6 Å². The average Bonchev–Trinajstić information content (AvgIpc) is 3.06. The monoisotopic (exact) mass is 367 g/mol. The zero-order chi connectivity index (χ0) is 18.8. The number of carbonyl (C=O) groups excluding carboxylic acids is 1. The third-order valence-corrected chi connectivity index (χ3v) is 5.04. The van der Waals surface area contributed by atoms with Crippen LogP contribution in [0, 0.1) is 11.7 Å². The van der Waals surface area contributed by atoms with E-state index in [-0.39, 0.29) is 23.7 Å². The van der Waals surface area contributed by atoms with Gasteiger partial charge in [0.1, 0.15) is 5.82 Å². The molecule has 1 saturated carbocycles. The van der Waals surface area contributed by atoms with Crippen LogP contribution in [-0.2, 0) is 4.79 Å². The summed E-state index contributed by atoms with van der Waals surface area (Å²) in [6, 6.07) is 12.0. The van der Waals surface area contributed by atoms with Crippen molar-refractivity contribution >= 4 is 34.0 Å². The van der Waals surface area contributed by atoms with Crippen LogP contribution in [0.4, 0.5) is 21.6 Å². The number of nitrogens with two attached hydrogens (primary N) is 1. The number of anilines is 3. The van der Waals surface area contributed by atoms with Gasteiger partial charge in [0.15, 0.2) is 5.82 Å². The predicted octanol–water partition coefficient (Wildman–Crippen LogP) is 3.90. The Balaban J connectivity index is 1.55. The molecule has 0 radical (unpaired) electrons. The van der Waals surface area contributed by atoms with Crippen LogP contribution < -0.4 is 16.4 Å². The van der Waals surface area contributed by atoms with Gasteiger partial charge in [0.2, 0.25) is 5.91 Å². The van der Waals surface area contributed by atoms with E-state index < -0.39 is 0 Å². The van der Waals surface area contributed by atoms with Gasteiger partial charge in [0.25, 0.3) is 0 Å². The molecule has 6 nitrogen and oxygen atoms in total. The van der Waals surface area contributed by atoms with E-state index in [0.717, 1.165) is 36.6 Å². The van der Waals surface area contributed by atoms with E-state index in [4.69, 9.17) is 5.73 Å². The Hall–Kier alpha value is -2.93. The third kappa shape index (κ3) is 3.78. The van der Waals surface area contributed by atoms with Gasteiger partial charge in [-0.25, -0.2) is 4.39 Å². The van der Waals surface area contributed by atoms with Gasteiger partial charge in [-0.15, -0.1) is 0 Å². The lowest BCUT2D eigenvalue weighted by Gasteiger charge is -2.25. The highest BCUT2D eigenvalue weighted by Gasteiger charge is 2.25. The smallest absolute Gasteiger partial charge is 0.227 e. The molecule has 27 heavy (non-hydrogen) atoms. The van der Waals surface area contributed by atoms with Crippen LogP contribution in [0.3, 0.4) is 0 Å². The number of benzene rings is 2. The van der Waals surface area contributed by atoms with E-state index in [1.54, 1.807) is 18.2 Å². The number of nitrogens with one attached hydrogen (secondary N) is 3. The zero-order valence-electron chi connectivity index (χ0n) is 14.8. The molecule has 2 unspecified atom stereocenters. The van der Waals surface area contributed by atoms with Crippen molar-refractivity contribution in [3.63, 3.8) is 0 Å². The second-order valence-electron chi connectivity index (χ2n) is 7.05. The molecule has 2 aromatic carbocycles. The zero-order valence-corrected chi connectivity index (χ0v) is 14.8. The summed E-state index contributed by atoms with van der Waals surface area (Å²) in [6.45, 7) is 0. The topological polar surface area (TPSA) is 95.8 Å². The number of halogens is 1. The molecule has 7 heteroatoms. The van der Waals surface area contributed by atoms with Gasteiger partial charge in [-0.1, -0.05) is 18.6 Å². The highest BCUT2D eigenvalue weighted by atomic mass is 19.1. The Morgan fingerprint density at radius 1 is 1.22 bits per heavy atom. The summed E-state index contributed by atoms with van der Waals surface area (Å²) < 4.78 is 13.9. The lowest BCUT2D eigenvalue weighted by atomic mass is 9.85. The van der Waals surface area contributed by atoms with Crippen molar-refractivity contribution in [2.75, 3.05) is 10.6 Å². The summed E-state index contributed by atoms with van der Waals surface area (Å²) in [5.74, 6) is 0.0963. The summed E-state index contributed by atoms with van der Waals surface area (Å²) in [4.78, 5) is 12.6. The first kappa shape index (κ1) is 17.5. The summed E-state index contributed by atoms with van der Waals surface area (Å²) in [5, 5.41) is 13.9. The van der Waals surface area contributed by atoms with Gasteiger partial charge in [-0.2, -0.15) is 5.10 Å². The molecule has 0 bridgehead atoms. The van der Waals surface area contributed by atoms with Gasteiger partial charge < -0.3 is 16.4 Å². The fourth-order valence-electron chi connectivity index (χ4n) is 3.59. The number of hydrogen-bond acceptors (Lipinski definition) is 4. The number of aromatic amines is 1. The number of rotatable bonds is 4. The minimum absolute atomic E-state index is 0.00314. The SMILES string of the molecule is NC1CCCC(C(=O)Nc2ccc3[nH]nc(Nc4ccccc4F)c3c2)C1. The van der Waals surface area contributed by atoms with Crippen molar-refractivity contribution < 1.29 is 9.18 Å². The number of H-pyrrole nitrogens is 1. The molecule has 1 fully saturated rings. The summed E-state index contributed by atoms with van der Waals surface area (Å²) in [6.07, 6.45) is 3.56. The lowest BCUT2D eigenvalue weighted by molar-refractivity contribution is -0.120. The van der Waals surface area contributed by atoms with Crippen LogP contribution in [0.1, 0.15) is 25.7 Å². The number of amides is 1. The van der Waals surface area contributed by atoms with Crippen molar-refractivity contribution in [2.24, 2.45) is 11.7 Å². The molecule has 5 N–H and O–H groups in total. The first-order chi connectivity index (χ1) is 13.1. The van der Waals surface area contributed by atoms with Crippen LogP contribution in [0.5, 0.6) is 0 Å². The molecule has 1 aliphatic carbocycles. The van der Waals surface area contributed by atoms with Crippen LogP contribution in [-0.4, -0.2) is 22.1 Å². The minimum Gasteiger partial charge on any atom is -0.336 e. The highest BCUT2D eigenvalue weighted by Crippen LogP contribution is 2.29. The first-order valence-electron chi connectivity index (χ1n) is 9.16. The quantitative estimate of drug-likeness (QED) is 0.562. The van der Waals surface area contributed by atoms with E-state index in [1.807, 2.05) is 18.2 Å². The summed E-state index contributed by atoms with van der Waals surface area (Å²) in [5.41, 5.74) is 7.82. The normalized spacial score (nSPS) is 19.8. The van der Waals surface area contributed by atoms with Crippen molar-refractivity contribution in [1.82, 2.24) is 10.2 Å². The fourth-order valence-corrected chi connectivity index (χ4v) is 3.59. The standard InChI is InChI=1S/C20H22FN5O/c21-16-6-1-2-7-18(16)24-19-15-11-14(8-9-17(15)25-26-19)23-20(27)12-4-3-5-13(22)10-12/h1-2,6-9,11-13H,3-5,10,22H2,(H,23,27)(H2,24,25,26). The molecule has 0 spiro atoms. The van der Waals surface area contributed by atoms with E-state index in [2.05, 4.69) is 20.8 Å². The number of nitrogens with zero attached hydrogens (tertiary/aromatic N) is 1. The molecule has 0 saturated heterocycles. The molecule has 3 aromatic rings.